The highest BCUT2D eigenvalue weighted by Crippen LogP contribution is 2.24. The van der Waals surface area contributed by atoms with Crippen LogP contribution < -0.4 is 11.1 Å². The van der Waals surface area contributed by atoms with Crippen LogP contribution >= 0.6 is 27.5 Å². The van der Waals surface area contributed by atoms with Gasteiger partial charge in [-0.3, -0.25) is 4.79 Å². The van der Waals surface area contributed by atoms with Crippen LogP contribution in [0, 0.1) is 0 Å². The number of hydrogen-bond acceptors (Lipinski definition) is 2. The van der Waals surface area contributed by atoms with Gasteiger partial charge in [0.25, 0.3) is 0 Å². The van der Waals surface area contributed by atoms with E-state index < -0.39 is 5.91 Å². The Morgan fingerprint density at radius 1 is 1.24 bits per heavy atom. The van der Waals surface area contributed by atoms with Crippen molar-refractivity contribution in [1.82, 2.24) is 0 Å². The summed E-state index contributed by atoms with van der Waals surface area (Å²) in [4.78, 5) is 11.1. The molecule has 0 saturated carbocycles. The molecule has 0 aliphatic carbocycles. The van der Waals surface area contributed by atoms with Gasteiger partial charge in [0.2, 0.25) is 5.91 Å². The molecular weight excluding hydrogens is 352 g/mol. The highest BCUT2D eigenvalue weighted by atomic mass is 79.9. The minimum atomic E-state index is -0.474. The maximum Gasteiger partial charge on any atom is 0.248 e. The fourth-order valence-electron chi connectivity index (χ4n) is 2.06. The van der Waals surface area contributed by atoms with Gasteiger partial charge in [-0.1, -0.05) is 40.5 Å². The summed E-state index contributed by atoms with van der Waals surface area (Å²) < 4.78 is 1.06. The third-order valence-corrected chi connectivity index (χ3v) is 4.10. The molecule has 0 spiro atoms. The quantitative estimate of drug-likeness (QED) is 0.824. The lowest BCUT2D eigenvalue weighted by Crippen LogP contribution is -2.11. The molecule has 0 bridgehead atoms. The van der Waals surface area contributed by atoms with Gasteiger partial charge in [-0.25, -0.2) is 0 Å². The van der Waals surface area contributed by atoms with Crippen molar-refractivity contribution in [3.8, 4) is 0 Å². The number of nitrogens with two attached hydrogens (primary N) is 1. The van der Waals surface area contributed by atoms with E-state index in [0.29, 0.717) is 17.1 Å². The molecule has 0 saturated heterocycles. The zero-order chi connectivity index (χ0) is 15.4. The molecule has 0 heterocycles. The van der Waals surface area contributed by atoms with E-state index in [1.807, 2.05) is 18.2 Å². The van der Waals surface area contributed by atoms with Crippen LogP contribution in [0.1, 0.15) is 28.4 Å². The number of aryl methyl sites for hydroxylation is 1. The van der Waals surface area contributed by atoms with Gasteiger partial charge < -0.3 is 11.1 Å². The summed E-state index contributed by atoms with van der Waals surface area (Å²) in [6.07, 6.45) is 0.941. The molecular formula is C16H16BrClN2O. The predicted molar refractivity (Wildman–Crippen MR) is 90.8 cm³/mol. The lowest BCUT2D eigenvalue weighted by atomic mass is 10.1. The van der Waals surface area contributed by atoms with Crippen LogP contribution in [0.3, 0.4) is 0 Å². The number of primary amides is 1. The number of anilines is 1. The molecule has 5 heteroatoms. The first-order valence-corrected chi connectivity index (χ1v) is 7.79. The Bertz CT molecular complexity index is 673. The molecule has 0 unspecified atom stereocenters. The van der Waals surface area contributed by atoms with Crippen molar-refractivity contribution in [2.45, 2.75) is 19.9 Å². The van der Waals surface area contributed by atoms with E-state index in [4.69, 9.17) is 17.3 Å². The van der Waals surface area contributed by atoms with E-state index in [-0.39, 0.29) is 0 Å². The summed E-state index contributed by atoms with van der Waals surface area (Å²) in [7, 11) is 0. The summed E-state index contributed by atoms with van der Waals surface area (Å²) in [6, 6.07) is 11.2. The Morgan fingerprint density at radius 3 is 2.62 bits per heavy atom. The van der Waals surface area contributed by atoms with Crippen molar-refractivity contribution in [2.24, 2.45) is 5.73 Å². The predicted octanol–water partition coefficient (Wildman–Crippen LogP) is 4.38. The second-order valence-corrected chi connectivity index (χ2v) is 6.00. The number of nitrogens with one attached hydrogen (secondary N) is 1. The van der Waals surface area contributed by atoms with E-state index in [9.17, 15) is 4.79 Å². The Kier molecular flexibility index (Phi) is 5.26. The maximum absolute atomic E-state index is 11.1. The molecule has 2 aromatic rings. The normalized spacial score (nSPS) is 10.4. The molecule has 21 heavy (non-hydrogen) atoms. The van der Waals surface area contributed by atoms with Gasteiger partial charge in [0.1, 0.15) is 0 Å². The van der Waals surface area contributed by atoms with Crippen LogP contribution in [0.5, 0.6) is 0 Å². The number of hydrogen-bond donors (Lipinski definition) is 2. The van der Waals surface area contributed by atoms with Crippen LogP contribution in [0.2, 0.25) is 5.02 Å². The SMILES string of the molecule is CCc1cc(Br)ccc1NCc1ccc(C(N)=O)cc1Cl. The van der Waals surface area contributed by atoms with Crippen molar-refractivity contribution in [3.63, 3.8) is 0 Å². The van der Waals surface area contributed by atoms with E-state index in [1.165, 1.54) is 5.56 Å². The number of halogens is 2. The van der Waals surface area contributed by atoms with Crippen LogP contribution in [-0.2, 0) is 13.0 Å². The molecule has 0 aromatic heterocycles. The van der Waals surface area contributed by atoms with Gasteiger partial charge in [0.15, 0.2) is 0 Å². The van der Waals surface area contributed by atoms with Crippen LogP contribution in [0.15, 0.2) is 40.9 Å². The van der Waals surface area contributed by atoms with E-state index >= 15 is 0 Å². The minimum absolute atomic E-state index is 0.418. The van der Waals surface area contributed by atoms with Crippen molar-refractivity contribution >= 4 is 39.1 Å². The first-order chi connectivity index (χ1) is 10.0. The first kappa shape index (κ1) is 15.9. The van der Waals surface area contributed by atoms with Crippen molar-refractivity contribution in [3.05, 3.63) is 62.6 Å². The average molecular weight is 368 g/mol. The van der Waals surface area contributed by atoms with E-state index in [1.54, 1.807) is 12.1 Å². The van der Waals surface area contributed by atoms with Gasteiger partial charge >= 0.3 is 0 Å². The highest BCUT2D eigenvalue weighted by Gasteiger charge is 2.07. The standard InChI is InChI=1S/C16H16BrClN2O/c1-2-10-7-13(17)5-6-15(10)20-9-12-4-3-11(16(19)21)8-14(12)18/h3-8,20H,2,9H2,1H3,(H2,19,21). The largest absolute Gasteiger partial charge is 0.381 e. The van der Waals surface area contributed by atoms with Crippen molar-refractivity contribution < 1.29 is 4.79 Å². The molecule has 3 N–H and O–H groups in total. The van der Waals surface area contributed by atoms with Gasteiger partial charge in [-0.05, 0) is 47.9 Å². The van der Waals surface area contributed by atoms with Crippen LogP contribution in [0.25, 0.3) is 0 Å². The monoisotopic (exact) mass is 366 g/mol. The van der Waals surface area contributed by atoms with Gasteiger partial charge in [-0.15, -0.1) is 0 Å². The molecule has 2 rings (SSSR count). The third-order valence-electron chi connectivity index (χ3n) is 3.26. The summed E-state index contributed by atoms with van der Waals surface area (Å²) in [5, 5.41) is 3.91. The highest BCUT2D eigenvalue weighted by molar-refractivity contribution is 9.10. The van der Waals surface area contributed by atoms with Gasteiger partial charge in [0, 0.05) is 27.3 Å². The lowest BCUT2D eigenvalue weighted by Gasteiger charge is -2.13. The Hall–Kier alpha value is -1.52. The molecule has 0 fully saturated rings. The second kappa shape index (κ2) is 6.96. The lowest BCUT2D eigenvalue weighted by molar-refractivity contribution is 0.100. The molecule has 2 aromatic carbocycles. The molecule has 3 nitrogen and oxygen atoms in total. The Labute approximate surface area is 137 Å². The topological polar surface area (TPSA) is 55.1 Å². The smallest absolute Gasteiger partial charge is 0.248 e. The number of rotatable bonds is 5. The Morgan fingerprint density at radius 2 is 2.00 bits per heavy atom. The van der Waals surface area contributed by atoms with Crippen molar-refractivity contribution in [1.29, 1.82) is 0 Å². The van der Waals surface area contributed by atoms with E-state index in [2.05, 4.69) is 34.2 Å². The summed E-state index contributed by atoms with van der Waals surface area (Å²) in [5.74, 6) is -0.474. The van der Waals surface area contributed by atoms with Crippen LogP contribution in [0.4, 0.5) is 5.69 Å². The summed E-state index contributed by atoms with van der Waals surface area (Å²) in [5.41, 5.74) is 8.88. The molecule has 110 valence electrons. The third kappa shape index (κ3) is 3.99. The number of carbonyl (C=O) groups is 1. The van der Waals surface area contributed by atoms with Gasteiger partial charge in [0.05, 0.1) is 0 Å². The van der Waals surface area contributed by atoms with Crippen LogP contribution in [-0.4, -0.2) is 5.91 Å². The summed E-state index contributed by atoms with van der Waals surface area (Å²) >= 11 is 9.66. The first-order valence-electron chi connectivity index (χ1n) is 6.61. The molecule has 0 radical (unpaired) electrons. The average Bonchev–Trinajstić information content (AvgIpc) is 2.46. The molecule has 0 atom stereocenters. The Balaban J connectivity index is 2.15. The fourth-order valence-corrected chi connectivity index (χ4v) is 2.72. The van der Waals surface area contributed by atoms with Crippen molar-refractivity contribution in [2.75, 3.05) is 5.32 Å². The van der Waals surface area contributed by atoms with Gasteiger partial charge in [-0.2, -0.15) is 0 Å². The molecule has 0 aliphatic rings. The molecule has 1 amide bonds. The zero-order valence-electron chi connectivity index (χ0n) is 11.6. The molecule has 0 aliphatic heterocycles. The van der Waals surface area contributed by atoms with E-state index in [0.717, 1.165) is 22.1 Å². The number of carbonyl (C=O) groups excluding carboxylic acids is 1. The summed E-state index contributed by atoms with van der Waals surface area (Å²) in [6.45, 7) is 2.70. The fraction of sp³-hybridized carbons (Fsp3) is 0.188. The minimum Gasteiger partial charge on any atom is -0.381 e. The zero-order valence-corrected chi connectivity index (χ0v) is 14.0. The number of amides is 1. The number of benzene rings is 2. The second-order valence-electron chi connectivity index (χ2n) is 4.68. The maximum atomic E-state index is 11.1.